The van der Waals surface area contributed by atoms with E-state index in [-0.39, 0.29) is 0 Å². The highest BCUT2D eigenvalue weighted by Gasteiger charge is 2.62. The van der Waals surface area contributed by atoms with Gasteiger partial charge in [-0.25, -0.2) is 0 Å². The Morgan fingerprint density at radius 2 is 0.667 bits per heavy atom. The molecule has 0 unspecified atom stereocenters. The molecule has 0 amide bonds. The normalized spacial score (nSPS) is 15.7. The van der Waals surface area contributed by atoms with Crippen LogP contribution in [0.2, 0.25) is 0 Å². The molecule has 0 atom stereocenters. The summed E-state index contributed by atoms with van der Waals surface area (Å²) in [6.07, 6.45) is -23.0. The Morgan fingerprint density at radius 3 is 0.897 bits per heavy atom. The lowest BCUT2D eigenvalue weighted by Crippen LogP contribution is -2.45. The average molecular weight is 680 g/mol. The van der Waals surface area contributed by atoms with E-state index in [1.165, 1.54) is 0 Å². The van der Waals surface area contributed by atoms with Crippen LogP contribution in [0.15, 0.2) is 0 Å². The zero-order valence-corrected chi connectivity index (χ0v) is 20.1. The highest BCUT2D eigenvalue weighted by atomic mass is 32.2. The van der Waals surface area contributed by atoms with Crippen LogP contribution in [0, 0.1) is 0 Å². The monoisotopic (exact) mass is 680 g/mol. The van der Waals surface area contributed by atoms with Crippen LogP contribution in [0.25, 0.3) is 0 Å². The van der Waals surface area contributed by atoms with Gasteiger partial charge in [0.05, 0.1) is 13.2 Å². The molecule has 0 N–H and O–H groups in total. The molecule has 0 saturated heterocycles. The molecule has 0 heterocycles. The molecule has 39 heavy (non-hydrogen) atoms. The summed E-state index contributed by atoms with van der Waals surface area (Å²) in [5.74, 6) is -28.2. The third-order valence-electron chi connectivity index (χ3n) is 3.47. The Labute approximate surface area is 207 Å². The fraction of sp³-hybridized carbons (Fsp3) is 1.00. The predicted octanol–water partition coefficient (Wildman–Crippen LogP) is 2.99. The summed E-state index contributed by atoms with van der Waals surface area (Å²) in [7, 11) is -18.7. The van der Waals surface area contributed by atoms with Crippen LogP contribution in [0.4, 0.5) is 65.9 Å². The summed E-state index contributed by atoms with van der Waals surface area (Å²) in [6.45, 7) is -4.70. The highest BCUT2D eigenvalue weighted by molar-refractivity contribution is 7.87. The maximum Gasteiger partial charge on any atom is 0.454 e. The van der Waals surface area contributed by atoms with Gasteiger partial charge in [0.1, 0.15) is 23.4 Å². The SMILES string of the molecule is O=S(=O)(CC(F)(F)C(F)(F)F)OCC(COS(=O)(=O)CC(F)(F)C(F)(F)F)OS(=O)(=O)CC(F)(F)C(F)(F)F. The lowest BCUT2D eigenvalue weighted by Gasteiger charge is -2.23. The third kappa shape index (κ3) is 12.0. The van der Waals surface area contributed by atoms with E-state index >= 15 is 0 Å². The lowest BCUT2D eigenvalue weighted by molar-refractivity contribution is -0.272. The zero-order chi connectivity index (χ0) is 31.7. The van der Waals surface area contributed by atoms with Gasteiger partial charge in [0.25, 0.3) is 30.4 Å². The molecule has 0 aliphatic carbocycles. The summed E-state index contributed by atoms with van der Waals surface area (Å²) in [5.41, 5.74) is 0. The van der Waals surface area contributed by atoms with Crippen LogP contribution in [-0.2, 0) is 42.9 Å². The van der Waals surface area contributed by atoms with Crippen molar-refractivity contribution < 1.29 is 104 Å². The van der Waals surface area contributed by atoms with Crippen molar-refractivity contribution in [1.29, 1.82) is 0 Å². The van der Waals surface area contributed by atoms with E-state index in [4.69, 9.17) is 0 Å². The van der Waals surface area contributed by atoms with Gasteiger partial charge in [-0.2, -0.15) is 91.1 Å². The standard InChI is InChI=1S/C12H11F15O9S3/c13-7(14,10(19,20)21)3-37(28,29)34-1-6(36-39(32,33)5-9(17,18)12(25,26)27)2-35-38(30,31)4-8(15,16)11(22,23)24/h6H,1-5H2. The summed E-state index contributed by atoms with van der Waals surface area (Å²) < 4.78 is 266. The van der Waals surface area contributed by atoms with Crippen LogP contribution in [-0.4, -0.2) is 98.1 Å². The molecule has 236 valence electrons. The minimum atomic E-state index is -6.61. The van der Waals surface area contributed by atoms with E-state index in [0.717, 1.165) is 0 Å². The molecule has 0 radical (unpaired) electrons. The van der Waals surface area contributed by atoms with E-state index in [1.54, 1.807) is 0 Å². The smallest absolute Gasteiger partial charge is 0.267 e. The molecular formula is C12H11F15O9S3. The first kappa shape index (κ1) is 37.7. The molecule has 0 aromatic heterocycles. The van der Waals surface area contributed by atoms with Crippen molar-refractivity contribution in [2.75, 3.05) is 30.5 Å². The summed E-state index contributed by atoms with van der Waals surface area (Å²) >= 11 is 0. The third-order valence-corrected chi connectivity index (χ3v) is 7.17. The molecule has 0 bridgehead atoms. The summed E-state index contributed by atoms with van der Waals surface area (Å²) in [4.78, 5) is 0. The molecule has 0 aromatic carbocycles. The van der Waals surface area contributed by atoms with Crippen LogP contribution < -0.4 is 0 Å². The lowest BCUT2D eigenvalue weighted by atomic mass is 10.4. The van der Waals surface area contributed by atoms with Gasteiger partial charge in [0.2, 0.25) is 0 Å². The van der Waals surface area contributed by atoms with Gasteiger partial charge in [0, 0.05) is 0 Å². The fourth-order valence-electron chi connectivity index (χ4n) is 1.70. The second kappa shape index (κ2) is 11.5. The number of rotatable bonds is 14. The van der Waals surface area contributed by atoms with Crippen molar-refractivity contribution in [1.82, 2.24) is 0 Å². The van der Waals surface area contributed by atoms with Gasteiger partial charge < -0.3 is 0 Å². The molecule has 0 aliphatic heterocycles. The molecular weight excluding hydrogens is 669 g/mol. The molecule has 27 heteroatoms. The average Bonchev–Trinajstić information content (AvgIpc) is 2.58. The molecule has 0 spiro atoms. The molecule has 9 nitrogen and oxygen atoms in total. The number of hydrogen-bond acceptors (Lipinski definition) is 9. The minimum Gasteiger partial charge on any atom is -0.267 e. The van der Waals surface area contributed by atoms with Crippen LogP contribution in [0.3, 0.4) is 0 Å². The molecule has 0 fully saturated rings. The topological polar surface area (TPSA) is 130 Å². The summed E-state index contributed by atoms with van der Waals surface area (Å²) in [6, 6.07) is 0. The molecule has 0 aromatic rings. The Morgan fingerprint density at radius 1 is 0.436 bits per heavy atom. The van der Waals surface area contributed by atoms with E-state index in [9.17, 15) is 91.1 Å². The van der Waals surface area contributed by atoms with Crippen molar-refractivity contribution in [3.63, 3.8) is 0 Å². The Kier molecular flexibility index (Phi) is 11.1. The molecule has 0 aliphatic rings. The van der Waals surface area contributed by atoms with Gasteiger partial charge in [-0.05, 0) is 0 Å². The van der Waals surface area contributed by atoms with Gasteiger partial charge in [-0.1, -0.05) is 0 Å². The molecule has 0 saturated carbocycles. The second-order valence-electron chi connectivity index (χ2n) is 7.00. The van der Waals surface area contributed by atoms with Gasteiger partial charge >= 0.3 is 36.3 Å². The fourth-order valence-corrected chi connectivity index (χ4v) is 5.00. The highest BCUT2D eigenvalue weighted by Crippen LogP contribution is 2.39. The van der Waals surface area contributed by atoms with E-state index in [0.29, 0.717) is 0 Å². The van der Waals surface area contributed by atoms with Gasteiger partial charge in [0.15, 0.2) is 0 Å². The van der Waals surface area contributed by atoms with Gasteiger partial charge in [-0.3, -0.25) is 12.5 Å². The van der Waals surface area contributed by atoms with Crippen molar-refractivity contribution >= 4 is 30.4 Å². The largest absolute Gasteiger partial charge is 0.454 e. The van der Waals surface area contributed by atoms with Crippen LogP contribution in [0.1, 0.15) is 0 Å². The quantitative estimate of drug-likeness (QED) is 0.201. The van der Waals surface area contributed by atoms with Gasteiger partial charge in [-0.15, -0.1) is 0 Å². The first-order chi connectivity index (χ1) is 16.7. The van der Waals surface area contributed by atoms with Crippen molar-refractivity contribution in [3.05, 3.63) is 0 Å². The number of hydrogen-bond donors (Lipinski definition) is 0. The van der Waals surface area contributed by atoms with Crippen molar-refractivity contribution in [3.8, 4) is 0 Å². The number of alkyl halides is 15. The second-order valence-corrected chi connectivity index (χ2v) is 11.9. The Bertz CT molecular complexity index is 1090. The number of halogens is 15. The molecule has 0 rings (SSSR count). The predicted molar refractivity (Wildman–Crippen MR) is 91.1 cm³/mol. The zero-order valence-electron chi connectivity index (χ0n) is 17.7. The maximum absolute atomic E-state index is 13.0. The van der Waals surface area contributed by atoms with E-state index in [1.807, 2.05) is 0 Å². The Balaban J connectivity index is 5.98. The van der Waals surface area contributed by atoms with Crippen LogP contribution in [0.5, 0.6) is 0 Å². The van der Waals surface area contributed by atoms with Crippen molar-refractivity contribution in [2.45, 2.75) is 42.4 Å². The maximum atomic E-state index is 13.0. The van der Waals surface area contributed by atoms with E-state index in [2.05, 4.69) is 12.5 Å². The Hall–Kier alpha value is -1.32. The first-order valence-electron chi connectivity index (χ1n) is 8.64. The summed E-state index contributed by atoms with van der Waals surface area (Å²) in [5, 5.41) is 0. The van der Waals surface area contributed by atoms with Crippen molar-refractivity contribution in [2.24, 2.45) is 0 Å². The first-order valence-corrected chi connectivity index (χ1v) is 13.4. The van der Waals surface area contributed by atoms with Crippen LogP contribution >= 0.6 is 0 Å². The minimum absolute atomic E-state index is 2.35. The van der Waals surface area contributed by atoms with E-state index < -0.39 is 103 Å².